The van der Waals surface area contributed by atoms with Crippen LogP contribution in [0.5, 0.6) is 11.5 Å². The number of aliphatic carboxylic acids is 2. The van der Waals surface area contributed by atoms with Crippen LogP contribution in [0.3, 0.4) is 0 Å². The van der Waals surface area contributed by atoms with E-state index in [2.05, 4.69) is 24.3 Å². The van der Waals surface area contributed by atoms with Crippen LogP contribution in [0.4, 0.5) is 0 Å². The van der Waals surface area contributed by atoms with Gasteiger partial charge in [0.15, 0.2) is 0 Å². The van der Waals surface area contributed by atoms with E-state index in [1.54, 1.807) is 14.2 Å². The SMILES string of the molecule is COc1ccc(CNCCN(C)C)c(OC)c1.O=C(O)C(=O)O. The number of rotatable bonds is 7. The second kappa shape index (κ2) is 11.3. The first kappa shape index (κ1) is 20.7. The molecule has 0 aliphatic heterocycles. The molecule has 3 N–H and O–H groups in total. The summed E-state index contributed by atoms with van der Waals surface area (Å²) in [5.41, 5.74) is 1.15. The average Bonchev–Trinajstić information content (AvgIpc) is 2.51. The van der Waals surface area contributed by atoms with Crippen molar-refractivity contribution in [3.8, 4) is 11.5 Å². The van der Waals surface area contributed by atoms with Crippen LogP contribution in [0.15, 0.2) is 18.2 Å². The van der Waals surface area contributed by atoms with Gasteiger partial charge in [0.2, 0.25) is 0 Å². The van der Waals surface area contributed by atoms with Gasteiger partial charge in [0.05, 0.1) is 14.2 Å². The Hall–Kier alpha value is -2.32. The molecule has 0 saturated carbocycles. The summed E-state index contributed by atoms with van der Waals surface area (Å²) in [4.78, 5) is 20.4. The van der Waals surface area contributed by atoms with Gasteiger partial charge in [0, 0.05) is 31.3 Å². The normalized spacial score (nSPS) is 9.78. The standard InChI is InChI=1S/C13H22N2O2.C2H2O4/c1-15(2)8-7-14-10-11-5-6-12(16-3)9-13(11)17-4;3-1(4)2(5)6/h5-6,9,14H,7-8,10H2,1-4H3;(H,3,4)(H,5,6). The molecule has 8 nitrogen and oxygen atoms in total. The molecular weight excluding hydrogens is 304 g/mol. The third-order valence-electron chi connectivity index (χ3n) is 2.73. The van der Waals surface area contributed by atoms with E-state index < -0.39 is 11.9 Å². The fourth-order valence-corrected chi connectivity index (χ4v) is 1.52. The van der Waals surface area contributed by atoms with Gasteiger partial charge in [-0.2, -0.15) is 0 Å². The molecule has 1 aromatic carbocycles. The van der Waals surface area contributed by atoms with E-state index >= 15 is 0 Å². The van der Waals surface area contributed by atoms with Crippen molar-refractivity contribution in [1.29, 1.82) is 0 Å². The maximum absolute atomic E-state index is 9.10. The highest BCUT2D eigenvalue weighted by Gasteiger charge is 2.04. The highest BCUT2D eigenvalue weighted by molar-refractivity contribution is 6.27. The van der Waals surface area contributed by atoms with Crippen molar-refractivity contribution in [2.45, 2.75) is 6.54 Å². The van der Waals surface area contributed by atoms with E-state index in [4.69, 9.17) is 29.3 Å². The van der Waals surface area contributed by atoms with Gasteiger partial charge >= 0.3 is 11.9 Å². The van der Waals surface area contributed by atoms with Crippen molar-refractivity contribution in [3.63, 3.8) is 0 Å². The third kappa shape index (κ3) is 9.33. The molecule has 0 unspecified atom stereocenters. The molecule has 0 radical (unpaired) electrons. The van der Waals surface area contributed by atoms with Crippen molar-refractivity contribution in [3.05, 3.63) is 23.8 Å². The summed E-state index contributed by atoms with van der Waals surface area (Å²) in [6.45, 7) is 2.79. The molecule has 23 heavy (non-hydrogen) atoms. The topological polar surface area (TPSA) is 108 Å². The summed E-state index contributed by atoms with van der Waals surface area (Å²) in [6.07, 6.45) is 0. The number of likely N-dealkylation sites (N-methyl/N-ethyl adjacent to an activating group) is 1. The van der Waals surface area contributed by atoms with E-state index in [-0.39, 0.29) is 0 Å². The van der Waals surface area contributed by atoms with Crippen LogP contribution in [0.2, 0.25) is 0 Å². The zero-order valence-electron chi connectivity index (χ0n) is 13.8. The molecule has 130 valence electrons. The van der Waals surface area contributed by atoms with Gasteiger partial charge < -0.3 is 29.9 Å². The fourth-order valence-electron chi connectivity index (χ4n) is 1.52. The molecule has 0 saturated heterocycles. The summed E-state index contributed by atoms with van der Waals surface area (Å²) in [5, 5.41) is 18.2. The minimum absolute atomic E-state index is 0.807. The van der Waals surface area contributed by atoms with Gasteiger partial charge in [-0.3, -0.25) is 0 Å². The third-order valence-corrected chi connectivity index (χ3v) is 2.73. The molecule has 0 fully saturated rings. The van der Waals surface area contributed by atoms with E-state index in [9.17, 15) is 0 Å². The van der Waals surface area contributed by atoms with E-state index in [0.29, 0.717) is 0 Å². The highest BCUT2D eigenvalue weighted by Crippen LogP contribution is 2.24. The molecule has 0 atom stereocenters. The van der Waals surface area contributed by atoms with Gasteiger partial charge in [-0.05, 0) is 20.2 Å². The Morgan fingerprint density at radius 1 is 1.13 bits per heavy atom. The fraction of sp³-hybridized carbons (Fsp3) is 0.467. The van der Waals surface area contributed by atoms with E-state index in [0.717, 1.165) is 36.7 Å². The number of hydrogen-bond donors (Lipinski definition) is 3. The van der Waals surface area contributed by atoms with Crippen LogP contribution in [0, 0.1) is 0 Å². The molecule has 0 heterocycles. The summed E-state index contributed by atoms with van der Waals surface area (Å²) < 4.78 is 10.5. The van der Waals surface area contributed by atoms with Gasteiger partial charge in [-0.15, -0.1) is 0 Å². The van der Waals surface area contributed by atoms with E-state index in [1.807, 2.05) is 18.2 Å². The van der Waals surface area contributed by atoms with Gasteiger partial charge in [-0.1, -0.05) is 6.07 Å². The van der Waals surface area contributed by atoms with Crippen molar-refractivity contribution in [1.82, 2.24) is 10.2 Å². The lowest BCUT2D eigenvalue weighted by atomic mass is 10.2. The quantitative estimate of drug-likeness (QED) is 0.491. The number of hydrogen-bond acceptors (Lipinski definition) is 6. The smallest absolute Gasteiger partial charge is 0.414 e. The van der Waals surface area contributed by atoms with Crippen LogP contribution in [0.1, 0.15) is 5.56 Å². The van der Waals surface area contributed by atoms with Crippen LogP contribution < -0.4 is 14.8 Å². The van der Waals surface area contributed by atoms with Crippen LogP contribution in [0.25, 0.3) is 0 Å². The summed E-state index contributed by atoms with van der Waals surface area (Å²) in [6, 6.07) is 5.88. The lowest BCUT2D eigenvalue weighted by Crippen LogP contribution is -2.26. The van der Waals surface area contributed by atoms with Crippen molar-refractivity contribution in [2.75, 3.05) is 41.4 Å². The summed E-state index contributed by atoms with van der Waals surface area (Å²) in [7, 11) is 7.47. The largest absolute Gasteiger partial charge is 0.497 e. The highest BCUT2D eigenvalue weighted by atomic mass is 16.5. The van der Waals surface area contributed by atoms with Crippen molar-refractivity contribution >= 4 is 11.9 Å². The predicted molar refractivity (Wildman–Crippen MR) is 85.1 cm³/mol. The molecule has 1 aromatic rings. The molecular formula is C15H24N2O6. The average molecular weight is 328 g/mol. The van der Waals surface area contributed by atoms with Crippen LogP contribution in [-0.2, 0) is 16.1 Å². The molecule has 0 bridgehead atoms. The molecule has 0 spiro atoms. The number of nitrogens with zero attached hydrogens (tertiary/aromatic N) is 1. The van der Waals surface area contributed by atoms with Gasteiger partial charge in [0.25, 0.3) is 0 Å². The summed E-state index contributed by atoms with van der Waals surface area (Å²) in [5.74, 6) is -1.97. The monoisotopic (exact) mass is 328 g/mol. The van der Waals surface area contributed by atoms with Crippen molar-refractivity contribution < 1.29 is 29.3 Å². The maximum atomic E-state index is 9.10. The Morgan fingerprint density at radius 2 is 1.74 bits per heavy atom. The first-order valence-electron chi connectivity index (χ1n) is 6.84. The molecule has 0 aliphatic carbocycles. The first-order chi connectivity index (χ1) is 10.8. The minimum atomic E-state index is -1.82. The Kier molecular flexibility index (Phi) is 10.1. The Bertz CT molecular complexity index is 493. The van der Waals surface area contributed by atoms with E-state index in [1.165, 1.54) is 0 Å². The lowest BCUT2D eigenvalue weighted by Gasteiger charge is -2.13. The zero-order valence-corrected chi connectivity index (χ0v) is 13.8. The lowest BCUT2D eigenvalue weighted by molar-refractivity contribution is -0.159. The second-order valence-electron chi connectivity index (χ2n) is 4.77. The Labute approximate surface area is 135 Å². The number of methoxy groups -OCH3 is 2. The maximum Gasteiger partial charge on any atom is 0.414 e. The van der Waals surface area contributed by atoms with Gasteiger partial charge in [-0.25, -0.2) is 9.59 Å². The number of nitrogens with one attached hydrogen (secondary N) is 1. The minimum Gasteiger partial charge on any atom is -0.497 e. The van der Waals surface area contributed by atoms with Gasteiger partial charge in [0.1, 0.15) is 11.5 Å². The number of benzene rings is 1. The van der Waals surface area contributed by atoms with Crippen molar-refractivity contribution in [2.24, 2.45) is 0 Å². The second-order valence-corrected chi connectivity index (χ2v) is 4.77. The number of carboxylic acids is 2. The van der Waals surface area contributed by atoms with Crippen LogP contribution in [-0.4, -0.2) is 68.5 Å². The Morgan fingerprint density at radius 3 is 2.17 bits per heavy atom. The predicted octanol–water partition coefficient (Wildman–Crippen LogP) is 0.511. The number of ether oxygens (including phenoxy) is 2. The first-order valence-corrected chi connectivity index (χ1v) is 6.84. The molecule has 8 heteroatoms. The zero-order chi connectivity index (χ0) is 17.8. The Balaban J connectivity index is 0.000000688. The molecule has 0 aromatic heterocycles. The molecule has 1 rings (SSSR count). The number of carboxylic acid groups (broad SMARTS) is 2. The summed E-state index contributed by atoms with van der Waals surface area (Å²) >= 11 is 0. The number of carbonyl (C=O) groups is 2. The molecule has 0 aliphatic rings. The van der Waals surface area contributed by atoms with Crippen LogP contribution >= 0.6 is 0 Å². The molecule has 0 amide bonds.